The second kappa shape index (κ2) is 5.44. The third kappa shape index (κ3) is 3.13. The van der Waals surface area contributed by atoms with Gasteiger partial charge in [0.2, 0.25) is 5.91 Å². The topological polar surface area (TPSA) is 80.0 Å². The molecule has 0 saturated heterocycles. The van der Waals surface area contributed by atoms with Crippen molar-refractivity contribution in [3.63, 3.8) is 0 Å². The van der Waals surface area contributed by atoms with E-state index < -0.39 is 5.54 Å². The van der Waals surface area contributed by atoms with E-state index in [-0.39, 0.29) is 5.91 Å². The first-order valence-electron chi connectivity index (χ1n) is 7.01. The molecule has 5 nitrogen and oxygen atoms in total. The molecule has 108 valence electrons. The molecule has 3 rings (SSSR count). The molecule has 0 spiro atoms. The van der Waals surface area contributed by atoms with Gasteiger partial charge in [-0.2, -0.15) is 0 Å². The molecule has 0 radical (unpaired) electrons. The van der Waals surface area contributed by atoms with Crippen molar-refractivity contribution in [3.05, 3.63) is 54.2 Å². The van der Waals surface area contributed by atoms with Gasteiger partial charge in [-0.1, -0.05) is 24.3 Å². The first kappa shape index (κ1) is 13.4. The van der Waals surface area contributed by atoms with Gasteiger partial charge in [-0.15, -0.1) is 0 Å². The summed E-state index contributed by atoms with van der Waals surface area (Å²) in [4.78, 5) is 16.5. The monoisotopic (exact) mass is 282 g/mol. The maximum Gasteiger partial charge on any atom is 0.245 e. The second-order valence-corrected chi connectivity index (χ2v) is 5.31. The van der Waals surface area contributed by atoms with E-state index in [0.29, 0.717) is 12.4 Å². The van der Waals surface area contributed by atoms with Gasteiger partial charge in [-0.25, -0.2) is 4.98 Å². The zero-order chi connectivity index (χ0) is 14.7. The third-order valence-electron chi connectivity index (χ3n) is 3.60. The molecule has 0 aliphatic heterocycles. The van der Waals surface area contributed by atoms with Gasteiger partial charge < -0.3 is 16.4 Å². The van der Waals surface area contributed by atoms with Crippen LogP contribution in [0.3, 0.4) is 0 Å². The number of benzene rings is 1. The summed E-state index contributed by atoms with van der Waals surface area (Å²) in [5.41, 5.74) is 6.89. The Morgan fingerprint density at radius 2 is 1.90 bits per heavy atom. The summed E-state index contributed by atoms with van der Waals surface area (Å²) in [5.74, 6) is 0.473. The summed E-state index contributed by atoms with van der Waals surface area (Å²) >= 11 is 0. The number of hydrogen-bond acceptors (Lipinski definition) is 4. The minimum Gasteiger partial charge on any atom is -0.384 e. The summed E-state index contributed by atoms with van der Waals surface area (Å²) in [7, 11) is 0. The van der Waals surface area contributed by atoms with Crippen molar-refractivity contribution in [2.24, 2.45) is 0 Å². The third-order valence-corrected chi connectivity index (χ3v) is 3.60. The number of aromatic nitrogens is 1. The van der Waals surface area contributed by atoms with E-state index >= 15 is 0 Å². The van der Waals surface area contributed by atoms with Gasteiger partial charge in [-0.05, 0) is 37.1 Å². The van der Waals surface area contributed by atoms with Crippen molar-refractivity contribution in [3.8, 4) is 0 Å². The summed E-state index contributed by atoms with van der Waals surface area (Å²) in [5, 5.41) is 6.25. The number of amides is 1. The van der Waals surface area contributed by atoms with Gasteiger partial charge in [-0.3, -0.25) is 4.79 Å². The number of hydrogen-bond donors (Lipinski definition) is 3. The van der Waals surface area contributed by atoms with Crippen LogP contribution in [0.1, 0.15) is 18.5 Å². The van der Waals surface area contributed by atoms with Gasteiger partial charge in [0, 0.05) is 5.69 Å². The minimum absolute atomic E-state index is 0.00979. The molecule has 1 heterocycles. The van der Waals surface area contributed by atoms with Crippen LogP contribution in [0, 0.1) is 0 Å². The molecule has 5 heteroatoms. The van der Waals surface area contributed by atoms with Crippen LogP contribution in [0.2, 0.25) is 0 Å². The summed E-state index contributed by atoms with van der Waals surface area (Å²) < 4.78 is 0. The second-order valence-electron chi connectivity index (χ2n) is 5.31. The lowest BCUT2D eigenvalue weighted by Crippen LogP contribution is -2.41. The average molecular weight is 282 g/mol. The molecule has 21 heavy (non-hydrogen) atoms. The highest BCUT2D eigenvalue weighted by Gasteiger charge is 2.49. The number of nitrogens with one attached hydrogen (secondary N) is 2. The zero-order valence-corrected chi connectivity index (χ0v) is 11.7. The predicted molar refractivity (Wildman–Crippen MR) is 82.5 cm³/mol. The fraction of sp³-hybridized carbons (Fsp3) is 0.250. The first-order valence-corrected chi connectivity index (χ1v) is 7.01. The zero-order valence-electron chi connectivity index (χ0n) is 11.7. The molecular weight excluding hydrogens is 264 g/mol. The Balaban J connectivity index is 1.60. The number of carbonyl (C=O) groups excluding carboxylic acids is 1. The van der Waals surface area contributed by atoms with Crippen LogP contribution in [0.25, 0.3) is 0 Å². The maximum atomic E-state index is 12.4. The van der Waals surface area contributed by atoms with Gasteiger partial charge in [0.1, 0.15) is 11.4 Å². The van der Waals surface area contributed by atoms with Crippen molar-refractivity contribution in [2.75, 3.05) is 11.1 Å². The van der Waals surface area contributed by atoms with Crippen LogP contribution in [0.4, 0.5) is 11.5 Å². The number of nitrogens with two attached hydrogens (primary N) is 1. The van der Waals surface area contributed by atoms with E-state index in [0.717, 1.165) is 24.2 Å². The SMILES string of the molecule is Nc1cccc(CNC(=O)C2(Nc3ccccc3)CC2)n1. The van der Waals surface area contributed by atoms with E-state index in [1.165, 1.54) is 0 Å². The van der Waals surface area contributed by atoms with Crippen molar-refractivity contribution in [1.82, 2.24) is 10.3 Å². The van der Waals surface area contributed by atoms with E-state index in [2.05, 4.69) is 15.6 Å². The highest BCUT2D eigenvalue weighted by molar-refractivity contribution is 5.92. The molecular formula is C16H18N4O. The fourth-order valence-corrected chi connectivity index (χ4v) is 2.27. The number of nitrogen functional groups attached to an aromatic ring is 1. The molecule has 2 aromatic rings. The quantitative estimate of drug-likeness (QED) is 0.782. The number of nitrogens with zero attached hydrogens (tertiary/aromatic N) is 1. The lowest BCUT2D eigenvalue weighted by molar-refractivity contribution is -0.122. The standard InChI is InChI=1S/C16H18N4O/c17-14-8-4-7-13(19-14)11-18-15(21)16(9-10-16)20-12-5-2-1-3-6-12/h1-8,20H,9-11H2,(H2,17,19)(H,18,21). The Kier molecular flexibility index (Phi) is 3.48. The molecule has 1 fully saturated rings. The molecule has 0 bridgehead atoms. The molecule has 4 N–H and O–H groups in total. The minimum atomic E-state index is -0.471. The summed E-state index contributed by atoms with van der Waals surface area (Å²) in [6, 6.07) is 15.2. The molecule has 1 aromatic heterocycles. The van der Waals surface area contributed by atoms with Crippen molar-refractivity contribution in [1.29, 1.82) is 0 Å². The van der Waals surface area contributed by atoms with E-state index in [1.54, 1.807) is 6.07 Å². The number of rotatable bonds is 5. The van der Waals surface area contributed by atoms with Crippen LogP contribution >= 0.6 is 0 Å². The fourth-order valence-electron chi connectivity index (χ4n) is 2.27. The van der Waals surface area contributed by atoms with Gasteiger partial charge >= 0.3 is 0 Å². The highest BCUT2D eigenvalue weighted by atomic mass is 16.2. The van der Waals surface area contributed by atoms with Gasteiger partial charge in [0.25, 0.3) is 0 Å². The number of pyridine rings is 1. The molecule has 1 amide bonds. The van der Waals surface area contributed by atoms with E-state index in [9.17, 15) is 4.79 Å². The number of para-hydroxylation sites is 1. The largest absolute Gasteiger partial charge is 0.384 e. The van der Waals surface area contributed by atoms with Gasteiger partial charge in [0.05, 0.1) is 12.2 Å². The molecule has 1 aromatic carbocycles. The Labute approximate surface area is 123 Å². The lowest BCUT2D eigenvalue weighted by atomic mass is 10.2. The molecule has 0 unspecified atom stereocenters. The number of anilines is 2. The van der Waals surface area contributed by atoms with Crippen LogP contribution in [0.15, 0.2) is 48.5 Å². The Bertz CT molecular complexity index is 638. The van der Waals surface area contributed by atoms with Crippen molar-refractivity contribution in [2.45, 2.75) is 24.9 Å². The predicted octanol–water partition coefficient (Wildman–Crippen LogP) is 1.92. The molecule has 1 aliphatic rings. The molecule has 0 atom stereocenters. The van der Waals surface area contributed by atoms with Crippen LogP contribution in [0.5, 0.6) is 0 Å². The maximum absolute atomic E-state index is 12.4. The normalized spacial score (nSPS) is 15.2. The van der Waals surface area contributed by atoms with E-state index in [1.807, 2.05) is 42.5 Å². The van der Waals surface area contributed by atoms with Gasteiger partial charge in [0.15, 0.2) is 0 Å². The number of carbonyl (C=O) groups is 1. The lowest BCUT2D eigenvalue weighted by Gasteiger charge is -2.18. The van der Waals surface area contributed by atoms with Crippen LogP contribution in [-0.2, 0) is 11.3 Å². The molecule has 1 aliphatic carbocycles. The highest BCUT2D eigenvalue weighted by Crippen LogP contribution is 2.39. The average Bonchev–Trinajstić information content (AvgIpc) is 3.27. The van der Waals surface area contributed by atoms with Crippen LogP contribution < -0.4 is 16.4 Å². The Morgan fingerprint density at radius 1 is 1.14 bits per heavy atom. The van der Waals surface area contributed by atoms with Crippen molar-refractivity contribution >= 4 is 17.4 Å². The van der Waals surface area contributed by atoms with E-state index in [4.69, 9.17) is 5.73 Å². The summed E-state index contributed by atoms with van der Waals surface area (Å²) in [6.07, 6.45) is 1.69. The Hall–Kier alpha value is -2.56. The summed E-state index contributed by atoms with van der Waals surface area (Å²) in [6.45, 7) is 0.391. The Morgan fingerprint density at radius 3 is 2.57 bits per heavy atom. The smallest absolute Gasteiger partial charge is 0.245 e. The molecule has 1 saturated carbocycles. The van der Waals surface area contributed by atoms with Crippen molar-refractivity contribution < 1.29 is 4.79 Å². The first-order chi connectivity index (χ1) is 10.2. The van der Waals surface area contributed by atoms with Crippen LogP contribution in [-0.4, -0.2) is 16.4 Å².